The number of carbonyl (C=O) groups excluding carboxylic acids is 2. The Kier molecular flexibility index (Phi) is 5.30. The van der Waals surface area contributed by atoms with Crippen molar-refractivity contribution in [2.75, 3.05) is 11.9 Å². The molecule has 1 N–H and O–H groups in total. The molecule has 6 nitrogen and oxygen atoms in total. The van der Waals surface area contributed by atoms with Gasteiger partial charge in [0.1, 0.15) is 11.7 Å². The van der Waals surface area contributed by atoms with Gasteiger partial charge in [0.25, 0.3) is 5.91 Å². The number of hydrogen-bond donors (Lipinski definition) is 1. The summed E-state index contributed by atoms with van der Waals surface area (Å²) in [5, 5.41) is 7.69. The van der Waals surface area contributed by atoms with Crippen molar-refractivity contribution in [2.45, 2.75) is 25.3 Å². The van der Waals surface area contributed by atoms with Gasteiger partial charge in [-0.15, -0.1) is 0 Å². The van der Waals surface area contributed by atoms with Crippen LogP contribution in [0.2, 0.25) is 10.0 Å². The van der Waals surface area contributed by atoms with Gasteiger partial charge in [0.15, 0.2) is 0 Å². The zero-order valence-corrected chi connectivity index (χ0v) is 15.2. The number of amides is 2. The Morgan fingerprint density at radius 2 is 2.04 bits per heavy atom. The lowest BCUT2D eigenvalue weighted by Crippen LogP contribution is -2.50. The summed E-state index contributed by atoms with van der Waals surface area (Å²) in [6, 6.07) is 5.99. The van der Waals surface area contributed by atoms with Crippen LogP contribution in [0, 0.1) is 0 Å². The van der Waals surface area contributed by atoms with Crippen LogP contribution in [0.15, 0.2) is 30.5 Å². The van der Waals surface area contributed by atoms with Crippen molar-refractivity contribution in [1.29, 1.82) is 0 Å². The number of benzene rings is 1. The molecule has 132 valence electrons. The maximum Gasteiger partial charge on any atom is 0.272 e. The molecule has 0 bridgehead atoms. The first kappa shape index (κ1) is 17.8. The molecule has 8 heteroatoms. The van der Waals surface area contributed by atoms with Gasteiger partial charge in [-0.05, 0) is 43.5 Å². The van der Waals surface area contributed by atoms with Crippen LogP contribution in [0.25, 0.3) is 0 Å². The number of nitrogens with one attached hydrogen (secondary N) is 1. The van der Waals surface area contributed by atoms with Crippen molar-refractivity contribution in [1.82, 2.24) is 14.7 Å². The van der Waals surface area contributed by atoms with Gasteiger partial charge in [0.2, 0.25) is 5.91 Å². The molecule has 0 spiro atoms. The molecule has 25 heavy (non-hydrogen) atoms. The molecule has 1 unspecified atom stereocenters. The van der Waals surface area contributed by atoms with Crippen LogP contribution < -0.4 is 5.32 Å². The molecule has 2 aromatic rings. The number of hydrogen-bond acceptors (Lipinski definition) is 3. The lowest BCUT2D eigenvalue weighted by molar-refractivity contribution is -0.121. The SMILES string of the molecule is Cn1nccc1C(=O)N1CCCCC1C(=O)Nc1ccc(Cl)cc1Cl. The van der Waals surface area contributed by atoms with Crippen molar-refractivity contribution in [3.05, 3.63) is 46.2 Å². The van der Waals surface area contributed by atoms with Crippen molar-refractivity contribution in [2.24, 2.45) is 7.05 Å². The maximum atomic E-state index is 12.8. The van der Waals surface area contributed by atoms with E-state index >= 15 is 0 Å². The fourth-order valence-electron chi connectivity index (χ4n) is 2.98. The first-order valence-corrected chi connectivity index (χ1v) is 8.78. The normalized spacial score (nSPS) is 17.4. The van der Waals surface area contributed by atoms with E-state index in [2.05, 4.69) is 10.4 Å². The molecule has 1 aromatic carbocycles. The zero-order valence-electron chi connectivity index (χ0n) is 13.7. The standard InChI is InChI=1S/C17H18Cl2N4O2/c1-22-15(7-8-20-22)17(25)23-9-3-2-4-14(23)16(24)21-13-6-5-11(18)10-12(13)19/h5-8,10,14H,2-4,9H2,1H3,(H,21,24). The number of likely N-dealkylation sites (tertiary alicyclic amines) is 1. The summed E-state index contributed by atoms with van der Waals surface area (Å²) in [5.74, 6) is -0.443. The molecule has 2 amide bonds. The Bertz CT molecular complexity index is 806. The van der Waals surface area contributed by atoms with Gasteiger partial charge >= 0.3 is 0 Å². The number of aromatic nitrogens is 2. The summed E-state index contributed by atoms with van der Waals surface area (Å²) >= 11 is 12.0. The molecule has 1 atom stereocenters. The van der Waals surface area contributed by atoms with Gasteiger partial charge in [-0.2, -0.15) is 5.10 Å². The van der Waals surface area contributed by atoms with Crippen LogP contribution in [0.3, 0.4) is 0 Å². The summed E-state index contributed by atoms with van der Waals surface area (Å²) in [7, 11) is 1.71. The first-order valence-electron chi connectivity index (χ1n) is 8.02. The Morgan fingerprint density at radius 3 is 2.72 bits per heavy atom. The predicted octanol–water partition coefficient (Wildman–Crippen LogP) is 3.36. The van der Waals surface area contributed by atoms with Crippen LogP contribution in [0.1, 0.15) is 29.8 Å². The monoisotopic (exact) mass is 380 g/mol. The second kappa shape index (κ2) is 7.45. The molecular weight excluding hydrogens is 363 g/mol. The molecule has 0 radical (unpaired) electrons. The average molecular weight is 381 g/mol. The third kappa shape index (κ3) is 3.80. The minimum Gasteiger partial charge on any atom is -0.325 e. The Morgan fingerprint density at radius 1 is 1.24 bits per heavy atom. The second-order valence-corrected chi connectivity index (χ2v) is 6.81. The molecule has 1 aromatic heterocycles. The molecule has 1 fully saturated rings. The van der Waals surface area contributed by atoms with Crippen molar-refractivity contribution in [3.8, 4) is 0 Å². The molecule has 1 aliphatic heterocycles. The van der Waals surface area contributed by atoms with E-state index in [4.69, 9.17) is 23.2 Å². The highest BCUT2D eigenvalue weighted by Gasteiger charge is 2.33. The van der Waals surface area contributed by atoms with Crippen molar-refractivity contribution >= 4 is 40.7 Å². The van der Waals surface area contributed by atoms with E-state index in [-0.39, 0.29) is 11.8 Å². The highest BCUT2D eigenvalue weighted by Crippen LogP contribution is 2.27. The van der Waals surface area contributed by atoms with Gasteiger partial charge in [0.05, 0.1) is 10.7 Å². The predicted molar refractivity (Wildman–Crippen MR) is 97.0 cm³/mol. The third-order valence-electron chi connectivity index (χ3n) is 4.30. The number of carbonyl (C=O) groups is 2. The van der Waals surface area contributed by atoms with Gasteiger partial charge in [-0.25, -0.2) is 0 Å². The van der Waals surface area contributed by atoms with Crippen LogP contribution in [0.5, 0.6) is 0 Å². The maximum absolute atomic E-state index is 12.8. The largest absolute Gasteiger partial charge is 0.325 e. The number of piperidine rings is 1. The van der Waals surface area contributed by atoms with E-state index in [0.717, 1.165) is 12.8 Å². The molecule has 1 saturated heterocycles. The quantitative estimate of drug-likeness (QED) is 0.887. The first-order chi connectivity index (χ1) is 12.0. The summed E-state index contributed by atoms with van der Waals surface area (Å²) in [5.41, 5.74) is 0.943. The zero-order chi connectivity index (χ0) is 18.0. The fourth-order valence-corrected chi connectivity index (χ4v) is 3.44. The van der Waals surface area contributed by atoms with E-state index in [1.807, 2.05) is 0 Å². The number of aryl methyl sites for hydroxylation is 1. The van der Waals surface area contributed by atoms with Crippen LogP contribution in [-0.4, -0.2) is 39.1 Å². The minimum absolute atomic E-state index is 0.193. The van der Waals surface area contributed by atoms with E-state index in [9.17, 15) is 9.59 Å². The Hall–Kier alpha value is -2.05. The van der Waals surface area contributed by atoms with Gasteiger partial charge < -0.3 is 10.2 Å². The summed E-state index contributed by atoms with van der Waals surface area (Å²) in [6.45, 7) is 0.538. The van der Waals surface area contributed by atoms with Crippen LogP contribution >= 0.6 is 23.2 Å². The van der Waals surface area contributed by atoms with E-state index in [1.54, 1.807) is 42.4 Å². The average Bonchev–Trinajstić information content (AvgIpc) is 3.02. The van der Waals surface area contributed by atoms with E-state index in [1.165, 1.54) is 4.68 Å². The lowest BCUT2D eigenvalue weighted by atomic mass is 10.0. The molecule has 0 saturated carbocycles. The van der Waals surface area contributed by atoms with Gasteiger partial charge in [0, 0.05) is 24.8 Å². The fraction of sp³-hybridized carbons (Fsp3) is 0.353. The smallest absolute Gasteiger partial charge is 0.272 e. The molecule has 3 rings (SSSR count). The summed E-state index contributed by atoms with van der Waals surface area (Å²) in [6.07, 6.45) is 3.94. The minimum atomic E-state index is -0.539. The number of rotatable bonds is 3. The number of anilines is 1. The van der Waals surface area contributed by atoms with E-state index in [0.29, 0.717) is 34.4 Å². The summed E-state index contributed by atoms with van der Waals surface area (Å²) in [4.78, 5) is 27.2. The van der Waals surface area contributed by atoms with Gasteiger partial charge in [-0.1, -0.05) is 23.2 Å². The highest BCUT2D eigenvalue weighted by molar-refractivity contribution is 6.36. The van der Waals surface area contributed by atoms with E-state index < -0.39 is 6.04 Å². The summed E-state index contributed by atoms with van der Waals surface area (Å²) < 4.78 is 1.52. The lowest BCUT2D eigenvalue weighted by Gasteiger charge is -2.34. The molecular formula is C17H18Cl2N4O2. The molecule has 0 aliphatic carbocycles. The van der Waals surface area contributed by atoms with Crippen LogP contribution in [-0.2, 0) is 11.8 Å². The Labute approximate surface area is 155 Å². The van der Waals surface area contributed by atoms with Crippen molar-refractivity contribution in [3.63, 3.8) is 0 Å². The van der Waals surface area contributed by atoms with Gasteiger partial charge in [-0.3, -0.25) is 14.3 Å². The number of halogens is 2. The topological polar surface area (TPSA) is 67.2 Å². The third-order valence-corrected chi connectivity index (χ3v) is 4.84. The number of nitrogens with zero attached hydrogens (tertiary/aromatic N) is 3. The molecule has 1 aliphatic rings. The highest BCUT2D eigenvalue weighted by atomic mass is 35.5. The van der Waals surface area contributed by atoms with Crippen LogP contribution in [0.4, 0.5) is 5.69 Å². The van der Waals surface area contributed by atoms with Crippen molar-refractivity contribution < 1.29 is 9.59 Å². The second-order valence-electron chi connectivity index (χ2n) is 5.96. The molecule has 2 heterocycles. The Balaban J connectivity index is 1.79.